The van der Waals surface area contributed by atoms with Crippen LogP contribution < -0.4 is 4.74 Å². The molecule has 0 aromatic heterocycles. The molecule has 0 aliphatic heterocycles. The molecule has 1 nitrogen and oxygen atoms in total. The van der Waals surface area contributed by atoms with Gasteiger partial charge in [0.25, 0.3) is 0 Å². The van der Waals surface area contributed by atoms with Crippen molar-refractivity contribution >= 4 is 0 Å². The highest BCUT2D eigenvalue weighted by Crippen LogP contribution is 2.35. The smallest absolute Gasteiger partial charge is 0.422 e. The zero-order chi connectivity index (χ0) is 17.0. The lowest BCUT2D eigenvalue weighted by Gasteiger charge is -2.17. The molecule has 0 saturated carbocycles. The van der Waals surface area contributed by atoms with Gasteiger partial charge in [0, 0.05) is 5.56 Å². The number of hydrogen-bond donors (Lipinski definition) is 0. The largest absolute Gasteiger partial charge is 0.483 e. The van der Waals surface area contributed by atoms with Crippen LogP contribution in [0, 0.1) is 6.92 Å². The van der Waals surface area contributed by atoms with Crippen LogP contribution in [-0.2, 0) is 12.8 Å². The van der Waals surface area contributed by atoms with Gasteiger partial charge in [-0.15, -0.1) is 0 Å². The summed E-state index contributed by atoms with van der Waals surface area (Å²) in [6, 6.07) is 11.3. The Morgan fingerprint density at radius 3 is 2.26 bits per heavy atom. The Bertz CT molecular complexity index is 675. The summed E-state index contributed by atoms with van der Waals surface area (Å²) in [7, 11) is 0. The van der Waals surface area contributed by atoms with Crippen LogP contribution in [0.15, 0.2) is 36.4 Å². The van der Waals surface area contributed by atoms with E-state index in [0.29, 0.717) is 0 Å². The lowest BCUT2D eigenvalue weighted by molar-refractivity contribution is -0.153. The lowest BCUT2D eigenvalue weighted by Crippen LogP contribution is -2.19. The Morgan fingerprint density at radius 2 is 1.65 bits per heavy atom. The van der Waals surface area contributed by atoms with Crippen molar-refractivity contribution in [2.45, 2.75) is 39.8 Å². The van der Waals surface area contributed by atoms with Crippen LogP contribution >= 0.6 is 0 Å². The van der Waals surface area contributed by atoms with E-state index < -0.39 is 12.8 Å². The van der Waals surface area contributed by atoms with Gasteiger partial charge in [0.1, 0.15) is 5.75 Å². The molecule has 0 spiro atoms. The van der Waals surface area contributed by atoms with Gasteiger partial charge in [-0.05, 0) is 48.1 Å². The summed E-state index contributed by atoms with van der Waals surface area (Å²) in [4.78, 5) is 0. The Kier molecular flexibility index (Phi) is 5.34. The Labute approximate surface area is 135 Å². The first-order valence-electron chi connectivity index (χ1n) is 7.77. The number of halogens is 3. The van der Waals surface area contributed by atoms with E-state index in [0.717, 1.165) is 29.5 Å². The molecule has 0 amide bonds. The van der Waals surface area contributed by atoms with Gasteiger partial charge in [-0.3, -0.25) is 0 Å². The van der Waals surface area contributed by atoms with Crippen LogP contribution in [0.25, 0.3) is 11.1 Å². The highest BCUT2D eigenvalue weighted by atomic mass is 19.4. The maximum atomic E-state index is 12.5. The average Bonchev–Trinajstić information content (AvgIpc) is 2.52. The van der Waals surface area contributed by atoms with Gasteiger partial charge >= 0.3 is 6.18 Å². The molecule has 0 aliphatic carbocycles. The first kappa shape index (κ1) is 17.4. The molecule has 0 bridgehead atoms. The van der Waals surface area contributed by atoms with E-state index in [1.54, 1.807) is 12.1 Å². The van der Waals surface area contributed by atoms with Crippen molar-refractivity contribution < 1.29 is 17.9 Å². The van der Waals surface area contributed by atoms with E-state index in [9.17, 15) is 13.2 Å². The van der Waals surface area contributed by atoms with Crippen molar-refractivity contribution in [3.8, 4) is 16.9 Å². The van der Waals surface area contributed by atoms with Crippen molar-refractivity contribution in [2.75, 3.05) is 6.61 Å². The third kappa shape index (κ3) is 4.27. The van der Waals surface area contributed by atoms with Crippen LogP contribution in [0.1, 0.15) is 30.5 Å². The molecule has 23 heavy (non-hydrogen) atoms. The summed E-state index contributed by atoms with van der Waals surface area (Å²) >= 11 is 0. The fourth-order valence-electron chi connectivity index (χ4n) is 2.69. The molecular formula is C19H21F3O. The highest BCUT2D eigenvalue weighted by molar-refractivity contribution is 5.75. The molecule has 0 fully saturated rings. The first-order valence-corrected chi connectivity index (χ1v) is 7.77. The molecule has 0 atom stereocenters. The average molecular weight is 322 g/mol. The van der Waals surface area contributed by atoms with E-state index in [-0.39, 0.29) is 5.75 Å². The van der Waals surface area contributed by atoms with Gasteiger partial charge in [-0.2, -0.15) is 13.2 Å². The minimum atomic E-state index is -4.35. The monoisotopic (exact) mass is 322 g/mol. The van der Waals surface area contributed by atoms with Crippen LogP contribution in [-0.4, -0.2) is 12.8 Å². The Hall–Kier alpha value is -1.97. The number of benzene rings is 2. The molecular weight excluding hydrogens is 301 g/mol. The predicted octanol–water partition coefficient (Wildman–Crippen LogP) is 5.73. The normalized spacial score (nSPS) is 11.6. The standard InChI is InChI=1S/C19H21F3O/c1-4-14-7-6-8-17(23-12-19(20,21)22)18(14)16-10-9-13(3)15(5-2)11-16/h6-11H,4-5,12H2,1-3H3. The second-order valence-corrected chi connectivity index (χ2v) is 5.54. The van der Waals surface area contributed by atoms with Crippen LogP contribution in [0.2, 0.25) is 0 Å². The molecule has 0 unspecified atom stereocenters. The summed E-state index contributed by atoms with van der Waals surface area (Å²) in [5.41, 5.74) is 5.02. The molecule has 0 saturated heterocycles. The van der Waals surface area contributed by atoms with Crippen molar-refractivity contribution in [1.29, 1.82) is 0 Å². The van der Waals surface area contributed by atoms with E-state index >= 15 is 0 Å². The quantitative estimate of drug-likeness (QED) is 0.683. The maximum absolute atomic E-state index is 12.5. The molecule has 0 radical (unpaired) electrons. The van der Waals surface area contributed by atoms with Gasteiger partial charge < -0.3 is 4.74 Å². The van der Waals surface area contributed by atoms with Gasteiger partial charge in [0.2, 0.25) is 0 Å². The van der Waals surface area contributed by atoms with Crippen LogP contribution in [0.5, 0.6) is 5.75 Å². The zero-order valence-corrected chi connectivity index (χ0v) is 13.6. The summed E-state index contributed by atoms with van der Waals surface area (Å²) < 4.78 is 42.6. The number of aryl methyl sites for hydroxylation is 3. The number of ether oxygens (including phenoxy) is 1. The summed E-state index contributed by atoms with van der Waals surface area (Å²) in [6.45, 7) is 4.81. The number of rotatable bonds is 5. The summed E-state index contributed by atoms with van der Waals surface area (Å²) in [6.07, 6.45) is -2.73. The van der Waals surface area contributed by atoms with Crippen molar-refractivity contribution in [2.24, 2.45) is 0 Å². The minimum Gasteiger partial charge on any atom is -0.483 e. The minimum absolute atomic E-state index is 0.285. The highest BCUT2D eigenvalue weighted by Gasteiger charge is 2.29. The molecule has 124 valence electrons. The topological polar surface area (TPSA) is 9.23 Å². The second-order valence-electron chi connectivity index (χ2n) is 5.54. The molecule has 2 rings (SSSR count). The predicted molar refractivity (Wildman–Crippen MR) is 86.9 cm³/mol. The Balaban J connectivity index is 2.50. The summed E-state index contributed by atoms with van der Waals surface area (Å²) in [5.74, 6) is 0.285. The van der Waals surface area contributed by atoms with Gasteiger partial charge in [-0.25, -0.2) is 0 Å². The van der Waals surface area contributed by atoms with Crippen molar-refractivity contribution in [3.63, 3.8) is 0 Å². The molecule has 0 aliphatic rings. The molecule has 0 heterocycles. The van der Waals surface area contributed by atoms with Crippen LogP contribution in [0.4, 0.5) is 13.2 Å². The lowest BCUT2D eigenvalue weighted by atomic mass is 9.93. The van der Waals surface area contributed by atoms with Crippen molar-refractivity contribution in [1.82, 2.24) is 0 Å². The maximum Gasteiger partial charge on any atom is 0.422 e. The molecule has 2 aromatic rings. The van der Waals surface area contributed by atoms with E-state index in [1.165, 1.54) is 11.1 Å². The van der Waals surface area contributed by atoms with Crippen LogP contribution in [0.3, 0.4) is 0 Å². The third-order valence-electron chi connectivity index (χ3n) is 3.90. The summed E-state index contributed by atoms with van der Waals surface area (Å²) in [5, 5.41) is 0. The van der Waals surface area contributed by atoms with E-state index in [2.05, 4.69) is 6.92 Å². The fraction of sp³-hybridized carbons (Fsp3) is 0.368. The second kappa shape index (κ2) is 7.07. The van der Waals surface area contributed by atoms with E-state index in [4.69, 9.17) is 4.74 Å². The molecule has 4 heteroatoms. The van der Waals surface area contributed by atoms with Gasteiger partial charge in [0.05, 0.1) is 0 Å². The van der Waals surface area contributed by atoms with Crippen molar-refractivity contribution in [3.05, 3.63) is 53.1 Å². The Morgan fingerprint density at radius 1 is 0.957 bits per heavy atom. The van der Waals surface area contributed by atoms with Gasteiger partial charge in [0.15, 0.2) is 6.61 Å². The number of alkyl halides is 3. The van der Waals surface area contributed by atoms with Gasteiger partial charge in [-0.1, -0.05) is 44.2 Å². The van der Waals surface area contributed by atoms with E-state index in [1.807, 2.05) is 38.1 Å². The fourth-order valence-corrected chi connectivity index (χ4v) is 2.69. The third-order valence-corrected chi connectivity index (χ3v) is 3.90. The molecule has 0 N–H and O–H groups in total. The molecule has 2 aromatic carbocycles. The first-order chi connectivity index (χ1) is 10.9. The number of hydrogen-bond acceptors (Lipinski definition) is 1. The zero-order valence-electron chi connectivity index (χ0n) is 13.6. The SMILES string of the molecule is CCc1cc(-c2c(CC)cccc2OCC(F)(F)F)ccc1C.